The number of nitrogens with one attached hydrogen (secondary N) is 1. The van der Waals surface area contributed by atoms with E-state index in [1.165, 1.54) is 0 Å². The summed E-state index contributed by atoms with van der Waals surface area (Å²) < 4.78 is 5.45. The van der Waals surface area contributed by atoms with Gasteiger partial charge in [0, 0.05) is 18.0 Å². The molecule has 0 fully saturated rings. The molecule has 2 N–H and O–H groups in total. The molecule has 1 unspecified atom stereocenters. The first-order valence-electron chi connectivity index (χ1n) is 6.24. The quantitative estimate of drug-likeness (QED) is 0.668. The van der Waals surface area contributed by atoms with E-state index in [-0.39, 0.29) is 6.10 Å². The van der Waals surface area contributed by atoms with Gasteiger partial charge in [0.15, 0.2) is 0 Å². The normalized spacial score (nSPS) is 13.2. The summed E-state index contributed by atoms with van der Waals surface area (Å²) in [5, 5.41) is 15.1. The first-order valence-corrected chi connectivity index (χ1v) is 7.12. The van der Waals surface area contributed by atoms with E-state index in [4.69, 9.17) is 4.74 Å². The molecule has 0 radical (unpaired) electrons. The fraction of sp³-hybridized carbons (Fsp3) is 0.692. The van der Waals surface area contributed by atoms with E-state index in [2.05, 4.69) is 19.2 Å². The maximum atomic E-state index is 9.81. The minimum Gasteiger partial charge on any atom is -0.386 e. The molecule has 17 heavy (non-hydrogen) atoms. The Morgan fingerprint density at radius 3 is 2.88 bits per heavy atom. The van der Waals surface area contributed by atoms with Gasteiger partial charge in [0.25, 0.3) is 0 Å². The molecular formula is C13H23NO2S. The Labute approximate surface area is 108 Å². The third-order valence-electron chi connectivity index (χ3n) is 2.41. The highest BCUT2D eigenvalue weighted by Gasteiger charge is 2.06. The lowest BCUT2D eigenvalue weighted by Gasteiger charge is -2.10. The topological polar surface area (TPSA) is 41.5 Å². The summed E-state index contributed by atoms with van der Waals surface area (Å²) in [6.45, 7) is 6.49. The van der Waals surface area contributed by atoms with Gasteiger partial charge in [-0.25, -0.2) is 0 Å². The smallest absolute Gasteiger partial charge is 0.101 e. The summed E-state index contributed by atoms with van der Waals surface area (Å²) in [7, 11) is 0. The molecule has 0 amide bonds. The van der Waals surface area contributed by atoms with Gasteiger partial charge in [0.1, 0.15) is 6.10 Å². The maximum absolute atomic E-state index is 9.81. The zero-order chi connectivity index (χ0) is 12.5. The van der Waals surface area contributed by atoms with Crippen molar-refractivity contribution < 1.29 is 9.84 Å². The highest BCUT2D eigenvalue weighted by molar-refractivity contribution is 7.10. The monoisotopic (exact) mass is 257 g/mol. The van der Waals surface area contributed by atoms with Crippen LogP contribution in [0.5, 0.6) is 0 Å². The van der Waals surface area contributed by atoms with Gasteiger partial charge in [-0.2, -0.15) is 0 Å². The van der Waals surface area contributed by atoms with E-state index in [9.17, 15) is 5.11 Å². The van der Waals surface area contributed by atoms with E-state index >= 15 is 0 Å². The molecule has 0 aromatic carbocycles. The van der Waals surface area contributed by atoms with Crippen LogP contribution in [0.3, 0.4) is 0 Å². The number of unbranched alkanes of at least 4 members (excludes halogenated alkanes) is 1. The standard InChI is InChI=1S/C13H23NO2S/c1-11(2)16-8-4-3-7-14-10-12(15)13-6-5-9-17-13/h5-6,9,11-12,14-15H,3-4,7-8,10H2,1-2H3. The predicted molar refractivity (Wildman–Crippen MR) is 72.5 cm³/mol. The second-order valence-corrected chi connectivity index (χ2v) is 5.34. The van der Waals surface area contributed by atoms with Gasteiger partial charge in [-0.05, 0) is 44.7 Å². The summed E-state index contributed by atoms with van der Waals surface area (Å²) in [4.78, 5) is 1.03. The predicted octanol–water partition coefficient (Wildman–Crippen LogP) is 2.58. The second kappa shape index (κ2) is 8.64. The van der Waals surface area contributed by atoms with Crippen LogP contribution in [0.1, 0.15) is 37.7 Å². The molecule has 4 heteroatoms. The SMILES string of the molecule is CC(C)OCCCCNCC(O)c1cccs1. The molecule has 0 bridgehead atoms. The second-order valence-electron chi connectivity index (χ2n) is 4.36. The lowest BCUT2D eigenvalue weighted by atomic mass is 10.2. The van der Waals surface area contributed by atoms with Crippen molar-refractivity contribution in [3.63, 3.8) is 0 Å². The number of hydrogen-bond donors (Lipinski definition) is 2. The minimum absolute atomic E-state index is 0.323. The van der Waals surface area contributed by atoms with E-state index in [0.717, 1.165) is 30.9 Å². The molecule has 1 heterocycles. The van der Waals surface area contributed by atoms with Crippen LogP contribution in [0.25, 0.3) is 0 Å². The van der Waals surface area contributed by atoms with E-state index in [1.807, 2.05) is 17.5 Å². The van der Waals surface area contributed by atoms with Crippen LogP contribution in [-0.2, 0) is 4.74 Å². The molecule has 1 rings (SSSR count). The number of thiophene rings is 1. The van der Waals surface area contributed by atoms with Gasteiger partial charge in [0.2, 0.25) is 0 Å². The van der Waals surface area contributed by atoms with Crippen LogP contribution in [0, 0.1) is 0 Å². The molecule has 0 aliphatic rings. The van der Waals surface area contributed by atoms with Gasteiger partial charge in [0.05, 0.1) is 6.10 Å². The van der Waals surface area contributed by atoms with Crippen LogP contribution < -0.4 is 5.32 Å². The third-order valence-corrected chi connectivity index (χ3v) is 3.38. The molecule has 3 nitrogen and oxygen atoms in total. The number of rotatable bonds is 9. The Bertz CT molecular complexity index is 275. The fourth-order valence-electron chi connectivity index (χ4n) is 1.49. The van der Waals surface area contributed by atoms with Crippen molar-refractivity contribution >= 4 is 11.3 Å². The Kier molecular flexibility index (Phi) is 7.44. The van der Waals surface area contributed by atoms with E-state index in [1.54, 1.807) is 11.3 Å². The zero-order valence-corrected chi connectivity index (χ0v) is 11.5. The van der Waals surface area contributed by atoms with Gasteiger partial charge in [-0.1, -0.05) is 6.07 Å². The van der Waals surface area contributed by atoms with Gasteiger partial charge in [-0.15, -0.1) is 11.3 Å². The lowest BCUT2D eigenvalue weighted by molar-refractivity contribution is 0.0759. The van der Waals surface area contributed by atoms with Crippen LogP contribution >= 0.6 is 11.3 Å². The van der Waals surface area contributed by atoms with E-state index < -0.39 is 0 Å². The van der Waals surface area contributed by atoms with Crippen LogP contribution in [-0.4, -0.2) is 30.9 Å². The third kappa shape index (κ3) is 6.78. The summed E-state index contributed by atoms with van der Waals surface area (Å²) in [5.41, 5.74) is 0. The average molecular weight is 257 g/mol. The van der Waals surface area contributed by atoms with Gasteiger partial charge >= 0.3 is 0 Å². The van der Waals surface area contributed by atoms with Crippen LogP contribution in [0.2, 0.25) is 0 Å². The number of aliphatic hydroxyl groups is 1. The average Bonchev–Trinajstić information content (AvgIpc) is 2.80. The lowest BCUT2D eigenvalue weighted by Crippen LogP contribution is -2.22. The molecule has 1 aromatic rings. The summed E-state index contributed by atoms with van der Waals surface area (Å²) in [5.74, 6) is 0. The summed E-state index contributed by atoms with van der Waals surface area (Å²) >= 11 is 1.60. The summed E-state index contributed by atoms with van der Waals surface area (Å²) in [6, 6.07) is 3.93. The fourth-order valence-corrected chi connectivity index (χ4v) is 2.20. The zero-order valence-electron chi connectivity index (χ0n) is 10.7. The maximum Gasteiger partial charge on any atom is 0.101 e. The molecule has 0 aliphatic carbocycles. The summed E-state index contributed by atoms with van der Waals surface area (Å²) in [6.07, 6.45) is 2.11. The van der Waals surface area contributed by atoms with Crippen molar-refractivity contribution in [1.29, 1.82) is 0 Å². The Hall–Kier alpha value is -0.420. The van der Waals surface area contributed by atoms with Crippen molar-refractivity contribution in [1.82, 2.24) is 5.32 Å². The van der Waals surface area contributed by atoms with Crippen molar-refractivity contribution in [2.75, 3.05) is 19.7 Å². The van der Waals surface area contributed by atoms with Crippen molar-refractivity contribution in [3.8, 4) is 0 Å². The molecule has 0 aliphatic heterocycles. The molecule has 0 spiro atoms. The molecule has 1 atom stereocenters. The van der Waals surface area contributed by atoms with Gasteiger partial charge in [-0.3, -0.25) is 0 Å². The van der Waals surface area contributed by atoms with Crippen LogP contribution in [0.4, 0.5) is 0 Å². The first-order chi connectivity index (χ1) is 8.20. The molecule has 1 aromatic heterocycles. The largest absolute Gasteiger partial charge is 0.386 e. The molecule has 0 saturated carbocycles. The number of aliphatic hydroxyl groups excluding tert-OH is 1. The van der Waals surface area contributed by atoms with E-state index in [0.29, 0.717) is 12.6 Å². The Balaban J connectivity index is 1.94. The molecule has 98 valence electrons. The highest BCUT2D eigenvalue weighted by atomic mass is 32.1. The van der Waals surface area contributed by atoms with Crippen LogP contribution in [0.15, 0.2) is 17.5 Å². The number of ether oxygens (including phenoxy) is 1. The van der Waals surface area contributed by atoms with Gasteiger partial charge < -0.3 is 15.2 Å². The van der Waals surface area contributed by atoms with Crippen molar-refractivity contribution in [3.05, 3.63) is 22.4 Å². The molecular weight excluding hydrogens is 234 g/mol. The minimum atomic E-state index is -0.373. The highest BCUT2D eigenvalue weighted by Crippen LogP contribution is 2.17. The van der Waals surface area contributed by atoms with Crippen molar-refractivity contribution in [2.45, 2.75) is 38.9 Å². The number of hydrogen-bond acceptors (Lipinski definition) is 4. The van der Waals surface area contributed by atoms with Crippen molar-refractivity contribution in [2.24, 2.45) is 0 Å². The Morgan fingerprint density at radius 2 is 2.24 bits per heavy atom. The first kappa shape index (κ1) is 14.6. The Morgan fingerprint density at radius 1 is 1.41 bits per heavy atom. The molecule has 0 saturated heterocycles.